The molecule has 0 unspecified atom stereocenters. The molecule has 21 heavy (non-hydrogen) atoms. The van der Waals surface area contributed by atoms with Crippen LogP contribution in [-0.2, 0) is 0 Å². The highest BCUT2D eigenvalue weighted by atomic mass is 32.1. The van der Waals surface area contributed by atoms with Crippen LogP contribution in [0.2, 0.25) is 0 Å². The summed E-state index contributed by atoms with van der Waals surface area (Å²) in [6.07, 6.45) is 0. The van der Waals surface area contributed by atoms with Crippen LogP contribution < -0.4 is 5.73 Å². The fraction of sp³-hybridized carbons (Fsp3) is 0.0588. The van der Waals surface area contributed by atoms with Crippen LogP contribution in [0.1, 0.15) is 21.6 Å². The average Bonchev–Trinajstić information content (AvgIpc) is 2.90. The van der Waals surface area contributed by atoms with Gasteiger partial charge in [-0.1, -0.05) is 71.5 Å². The molecular weight excluding hydrogens is 280 g/mol. The van der Waals surface area contributed by atoms with Crippen molar-refractivity contribution in [1.29, 1.82) is 0 Å². The van der Waals surface area contributed by atoms with E-state index in [9.17, 15) is 4.79 Å². The molecule has 0 spiro atoms. The van der Waals surface area contributed by atoms with Gasteiger partial charge in [-0.2, -0.15) is 0 Å². The molecule has 0 saturated carbocycles. The number of nitrogens with zero attached hydrogens (tertiary/aromatic N) is 1. The van der Waals surface area contributed by atoms with E-state index in [2.05, 4.69) is 4.98 Å². The van der Waals surface area contributed by atoms with Crippen LogP contribution in [0.25, 0.3) is 10.4 Å². The van der Waals surface area contributed by atoms with E-state index in [0.717, 1.165) is 16.0 Å². The summed E-state index contributed by atoms with van der Waals surface area (Å²) in [5.74, 6) is -0.0956. The van der Waals surface area contributed by atoms with Crippen molar-refractivity contribution in [3.8, 4) is 10.4 Å². The number of hydrogen-bond acceptors (Lipinski definition) is 4. The Morgan fingerprint density at radius 3 is 2.38 bits per heavy atom. The highest BCUT2D eigenvalue weighted by molar-refractivity contribution is 7.19. The van der Waals surface area contributed by atoms with E-state index >= 15 is 0 Å². The number of carbonyl (C=O) groups excluding carboxylic acids is 1. The Hall–Kier alpha value is -2.46. The van der Waals surface area contributed by atoms with Crippen molar-refractivity contribution < 1.29 is 4.79 Å². The van der Waals surface area contributed by atoms with Crippen LogP contribution >= 0.6 is 11.3 Å². The summed E-state index contributed by atoms with van der Waals surface area (Å²) < 4.78 is 0. The van der Waals surface area contributed by atoms with Crippen LogP contribution in [0.15, 0.2) is 54.6 Å². The van der Waals surface area contributed by atoms with Gasteiger partial charge in [-0.25, -0.2) is 4.98 Å². The monoisotopic (exact) mass is 294 g/mol. The number of rotatable bonds is 3. The van der Waals surface area contributed by atoms with Crippen LogP contribution in [-0.4, -0.2) is 10.8 Å². The first-order chi connectivity index (χ1) is 10.1. The molecule has 0 saturated heterocycles. The minimum atomic E-state index is -0.0956. The Labute approximate surface area is 127 Å². The van der Waals surface area contributed by atoms with Crippen LogP contribution in [0.5, 0.6) is 0 Å². The van der Waals surface area contributed by atoms with Crippen LogP contribution in [0, 0.1) is 6.92 Å². The summed E-state index contributed by atoms with van der Waals surface area (Å²) in [7, 11) is 0. The predicted octanol–water partition coefficient (Wildman–Crippen LogP) is 3.93. The third kappa shape index (κ3) is 2.71. The van der Waals surface area contributed by atoms with Gasteiger partial charge in [0, 0.05) is 5.56 Å². The number of anilines is 1. The first kappa shape index (κ1) is 13.5. The zero-order valence-electron chi connectivity index (χ0n) is 11.5. The normalized spacial score (nSPS) is 10.5. The second kappa shape index (κ2) is 5.50. The van der Waals surface area contributed by atoms with E-state index in [0.29, 0.717) is 16.4 Å². The van der Waals surface area contributed by atoms with Gasteiger partial charge in [-0.3, -0.25) is 4.79 Å². The quantitative estimate of drug-likeness (QED) is 0.745. The number of ketones is 1. The molecule has 1 aromatic heterocycles. The molecule has 2 aromatic carbocycles. The van der Waals surface area contributed by atoms with Crippen molar-refractivity contribution in [2.24, 2.45) is 0 Å². The summed E-state index contributed by atoms with van der Waals surface area (Å²) in [5, 5.41) is 0.407. The predicted molar refractivity (Wildman–Crippen MR) is 86.6 cm³/mol. The topological polar surface area (TPSA) is 56.0 Å². The maximum Gasteiger partial charge on any atom is 0.212 e. The minimum Gasteiger partial charge on any atom is -0.375 e. The van der Waals surface area contributed by atoms with Crippen LogP contribution in [0.4, 0.5) is 5.13 Å². The van der Waals surface area contributed by atoms with Gasteiger partial charge in [0.15, 0.2) is 5.13 Å². The number of benzene rings is 2. The fourth-order valence-electron chi connectivity index (χ4n) is 2.12. The van der Waals surface area contributed by atoms with Gasteiger partial charge in [-0.15, -0.1) is 0 Å². The number of nitrogens with two attached hydrogens (primary N) is 1. The van der Waals surface area contributed by atoms with Crippen molar-refractivity contribution in [1.82, 2.24) is 4.98 Å². The molecule has 0 radical (unpaired) electrons. The molecule has 0 amide bonds. The molecule has 0 aliphatic rings. The molecular formula is C17H14N2OS. The Kier molecular flexibility index (Phi) is 3.54. The smallest absolute Gasteiger partial charge is 0.212 e. The molecule has 3 aromatic rings. The molecule has 0 bridgehead atoms. The van der Waals surface area contributed by atoms with E-state index in [4.69, 9.17) is 5.73 Å². The molecule has 1 heterocycles. The molecule has 3 nitrogen and oxygen atoms in total. The van der Waals surface area contributed by atoms with E-state index in [1.165, 1.54) is 11.3 Å². The Morgan fingerprint density at radius 2 is 1.71 bits per heavy atom. The number of thiazole rings is 1. The summed E-state index contributed by atoms with van der Waals surface area (Å²) in [4.78, 5) is 17.7. The Morgan fingerprint density at radius 1 is 1.05 bits per heavy atom. The highest BCUT2D eigenvalue weighted by Gasteiger charge is 2.19. The molecule has 0 aliphatic carbocycles. The molecule has 4 heteroatoms. The second-order valence-electron chi connectivity index (χ2n) is 4.79. The largest absolute Gasteiger partial charge is 0.375 e. The van der Waals surface area contributed by atoms with Gasteiger partial charge in [0.2, 0.25) is 5.78 Å². The van der Waals surface area contributed by atoms with E-state index in [-0.39, 0.29) is 5.78 Å². The zero-order valence-corrected chi connectivity index (χ0v) is 12.4. The molecule has 104 valence electrons. The molecule has 0 atom stereocenters. The van der Waals surface area contributed by atoms with Gasteiger partial charge >= 0.3 is 0 Å². The summed E-state index contributed by atoms with van der Waals surface area (Å²) in [6, 6.07) is 17.2. The lowest BCUT2D eigenvalue weighted by molar-refractivity contribution is 0.103. The third-order valence-electron chi connectivity index (χ3n) is 3.21. The van der Waals surface area contributed by atoms with Gasteiger partial charge in [0.25, 0.3) is 0 Å². The van der Waals surface area contributed by atoms with Gasteiger partial charge in [0.05, 0.1) is 4.88 Å². The number of aryl methyl sites for hydroxylation is 1. The first-order valence-electron chi connectivity index (χ1n) is 6.58. The van der Waals surface area contributed by atoms with E-state index in [1.54, 1.807) is 0 Å². The van der Waals surface area contributed by atoms with Crippen LogP contribution in [0.3, 0.4) is 0 Å². The van der Waals surface area contributed by atoms with Crippen molar-refractivity contribution in [3.05, 3.63) is 71.4 Å². The average molecular weight is 294 g/mol. The first-order valence-corrected chi connectivity index (χ1v) is 7.40. The van der Waals surface area contributed by atoms with Gasteiger partial charge in [-0.05, 0) is 12.5 Å². The summed E-state index contributed by atoms with van der Waals surface area (Å²) in [6.45, 7) is 1.99. The van der Waals surface area contributed by atoms with Gasteiger partial charge < -0.3 is 5.73 Å². The van der Waals surface area contributed by atoms with E-state index in [1.807, 2.05) is 61.5 Å². The number of nitrogen functional groups attached to an aromatic ring is 1. The van der Waals surface area contributed by atoms with Crippen molar-refractivity contribution in [2.75, 3.05) is 5.73 Å². The number of hydrogen-bond donors (Lipinski definition) is 1. The molecule has 2 N–H and O–H groups in total. The maximum atomic E-state index is 12.7. The van der Waals surface area contributed by atoms with E-state index < -0.39 is 0 Å². The standard InChI is InChI=1S/C17H14N2OS/c1-11-7-9-12(10-8-11)15(20)14-16(21-17(18)19-14)13-5-3-2-4-6-13/h2-10H,1H3,(H2,18,19). The fourth-order valence-corrected chi connectivity index (χ4v) is 2.95. The number of aromatic nitrogens is 1. The second-order valence-corrected chi connectivity index (χ2v) is 5.82. The molecule has 0 aliphatic heterocycles. The maximum absolute atomic E-state index is 12.7. The SMILES string of the molecule is Cc1ccc(C(=O)c2nc(N)sc2-c2ccccc2)cc1. The summed E-state index contributed by atoms with van der Waals surface area (Å²) >= 11 is 1.34. The van der Waals surface area contributed by atoms with Crippen molar-refractivity contribution in [3.63, 3.8) is 0 Å². The Bertz CT molecular complexity index is 776. The highest BCUT2D eigenvalue weighted by Crippen LogP contribution is 2.32. The Balaban J connectivity index is 2.07. The molecule has 0 fully saturated rings. The number of carbonyl (C=O) groups is 1. The third-order valence-corrected chi connectivity index (χ3v) is 4.14. The summed E-state index contributed by atoms with van der Waals surface area (Å²) in [5.41, 5.74) is 8.94. The molecule has 3 rings (SSSR count). The van der Waals surface area contributed by atoms with Crippen molar-refractivity contribution in [2.45, 2.75) is 6.92 Å². The van der Waals surface area contributed by atoms with Gasteiger partial charge in [0.1, 0.15) is 5.69 Å². The zero-order chi connectivity index (χ0) is 14.8. The van der Waals surface area contributed by atoms with Crippen molar-refractivity contribution >= 4 is 22.3 Å². The lowest BCUT2D eigenvalue weighted by atomic mass is 10.0. The minimum absolute atomic E-state index is 0.0956. The lowest BCUT2D eigenvalue weighted by Gasteiger charge is -2.02. The lowest BCUT2D eigenvalue weighted by Crippen LogP contribution is -2.03.